The summed E-state index contributed by atoms with van der Waals surface area (Å²) in [5.74, 6) is -0.0785. The standard InChI is InChI=1S/C10H18O3/c1-7-3-4-8(6-13-2)9(5-7)10(11)12/h7-9H,3-6H2,1-2H3,(H,11,12). The molecule has 3 nitrogen and oxygen atoms in total. The van der Waals surface area contributed by atoms with Crippen molar-refractivity contribution in [2.75, 3.05) is 13.7 Å². The molecule has 0 aromatic heterocycles. The number of aliphatic carboxylic acids is 1. The number of hydrogen-bond donors (Lipinski definition) is 1. The molecule has 0 aromatic rings. The summed E-state index contributed by atoms with van der Waals surface area (Å²) in [5, 5.41) is 9.00. The molecule has 1 saturated carbocycles. The van der Waals surface area contributed by atoms with Gasteiger partial charge in [0.2, 0.25) is 0 Å². The average Bonchev–Trinajstić information content (AvgIpc) is 2.08. The van der Waals surface area contributed by atoms with Gasteiger partial charge in [0.15, 0.2) is 0 Å². The van der Waals surface area contributed by atoms with E-state index in [1.165, 1.54) is 0 Å². The lowest BCUT2D eigenvalue weighted by molar-refractivity contribution is -0.146. The van der Waals surface area contributed by atoms with E-state index in [1.807, 2.05) is 0 Å². The van der Waals surface area contributed by atoms with E-state index in [9.17, 15) is 4.79 Å². The topological polar surface area (TPSA) is 46.5 Å². The zero-order valence-electron chi connectivity index (χ0n) is 8.32. The van der Waals surface area contributed by atoms with Gasteiger partial charge in [-0.1, -0.05) is 13.3 Å². The number of rotatable bonds is 3. The van der Waals surface area contributed by atoms with E-state index >= 15 is 0 Å². The van der Waals surface area contributed by atoms with Crippen molar-refractivity contribution in [3.8, 4) is 0 Å². The van der Waals surface area contributed by atoms with Crippen LogP contribution in [0.2, 0.25) is 0 Å². The fourth-order valence-electron chi connectivity index (χ4n) is 2.16. The van der Waals surface area contributed by atoms with Crippen molar-refractivity contribution in [3.63, 3.8) is 0 Å². The average molecular weight is 186 g/mol. The van der Waals surface area contributed by atoms with Gasteiger partial charge in [-0.2, -0.15) is 0 Å². The lowest BCUT2D eigenvalue weighted by atomic mass is 9.75. The highest BCUT2D eigenvalue weighted by Gasteiger charge is 2.33. The third-order valence-corrected chi connectivity index (χ3v) is 2.95. The third kappa shape index (κ3) is 2.69. The molecule has 0 aliphatic heterocycles. The van der Waals surface area contributed by atoms with Crippen molar-refractivity contribution < 1.29 is 14.6 Å². The molecule has 0 aromatic carbocycles. The molecular weight excluding hydrogens is 168 g/mol. The molecule has 0 bridgehead atoms. The van der Waals surface area contributed by atoms with Crippen LogP contribution in [-0.2, 0) is 9.53 Å². The molecule has 1 fully saturated rings. The van der Waals surface area contributed by atoms with Crippen molar-refractivity contribution >= 4 is 5.97 Å². The molecule has 76 valence electrons. The molecule has 3 unspecified atom stereocenters. The molecule has 1 N–H and O–H groups in total. The number of carbonyl (C=O) groups is 1. The maximum Gasteiger partial charge on any atom is 0.306 e. The van der Waals surface area contributed by atoms with Crippen LogP contribution in [0.4, 0.5) is 0 Å². The second-order valence-corrected chi connectivity index (χ2v) is 4.08. The summed E-state index contributed by atoms with van der Waals surface area (Å²) in [6.45, 7) is 2.71. The van der Waals surface area contributed by atoms with Crippen molar-refractivity contribution in [1.29, 1.82) is 0 Å². The first-order chi connectivity index (χ1) is 6.15. The number of carboxylic acids is 1. The Morgan fingerprint density at radius 3 is 2.77 bits per heavy atom. The van der Waals surface area contributed by atoms with E-state index in [-0.39, 0.29) is 11.8 Å². The van der Waals surface area contributed by atoms with Gasteiger partial charge in [0.1, 0.15) is 0 Å². The Balaban J connectivity index is 2.55. The predicted molar refractivity (Wildman–Crippen MR) is 49.5 cm³/mol. The molecule has 1 aliphatic carbocycles. The monoisotopic (exact) mass is 186 g/mol. The molecule has 0 amide bonds. The first kappa shape index (κ1) is 10.5. The van der Waals surface area contributed by atoms with Crippen LogP contribution in [0, 0.1) is 17.8 Å². The highest BCUT2D eigenvalue weighted by atomic mass is 16.5. The summed E-state index contributed by atoms with van der Waals surface area (Å²) in [5.41, 5.74) is 0. The second-order valence-electron chi connectivity index (χ2n) is 4.08. The Morgan fingerprint density at radius 2 is 2.23 bits per heavy atom. The molecule has 1 rings (SSSR count). The fourth-order valence-corrected chi connectivity index (χ4v) is 2.16. The normalized spacial score (nSPS) is 34.5. The van der Waals surface area contributed by atoms with Gasteiger partial charge in [-0.15, -0.1) is 0 Å². The Hall–Kier alpha value is -0.570. The lowest BCUT2D eigenvalue weighted by Crippen LogP contribution is -2.32. The molecule has 0 spiro atoms. The van der Waals surface area contributed by atoms with Crippen molar-refractivity contribution in [1.82, 2.24) is 0 Å². The van der Waals surface area contributed by atoms with Gasteiger partial charge < -0.3 is 9.84 Å². The highest BCUT2D eigenvalue weighted by Crippen LogP contribution is 2.33. The van der Waals surface area contributed by atoms with E-state index in [2.05, 4.69) is 6.92 Å². The quantitative estimate of drug-likeness (QED) is 0.730. The Labute approximate surface area is 79.1 Å². The maximum absolute atomic E-state index is 10.9. The van der Waals surface area contributed by atoms with Crippen LogP contribution < -0.4 is 0 Å². The first-order valence-electron chi connectivity index (χ1n) is 4.87. The molecule has 13 heavy (non-hydrogen) atoms. The first-order valence-corrected chi connectivity index (χ1v) is 4.87. The number of ether oxygens (including phenoxy) is 1. The van der Waals surface area contributed by atoms with Gasteiger partial charge in [-0.3, -0.25) is 4.79 Å². The van der Waals surface area contributed by atoms with E-state index in [0.29, 0.717) is 12.5 Å². The molecule has 3 heteroatoms. The number of hydrogen-bond acceptors (Lipinski definition) is 2. The number of methoxy groups -OCH3 is 1. The summed E-state index contributed by atoms with van der Waals surface area (Å²) in [7, 11) is 1.64. The van der Waals surface area contributed by atoms with Crippen LogP contribution >= 0.6 is 0 Å². The SMILES string of the molecule is COCC1CCC(C)CC1C(=O)O. The minimum absolute atomic E-state index is 0.191. The van der Waals surface area contributed by atoms with Crippen LogP contribution in [0.25, 0.3) is 0 Å². The van der Waals surface area contributed by atoms with Crippen molar-refractivity contribution in [3.05, 3.63) is 0 Å². The van der Waals surface area contributed by atoms with Gasteiger partial charge in [0.25, 0.3) is 0 Å². The Morgan fingerprint density at radius 1 is 1.54 bits per heavy atom. The maximum atomic E-state index is 10.9. The molecule has 0 radical (unpaired) electrons. The Bertz CT molecular complexity index is 179. The minimum atomic E-state index is -0.659. The molecule has 3 atom stereocenters. The molecule has 1 aliphatic rings. The summed E-state index contributed by atoms with van der Waals surface area (Å²) in [6, 6.07) is 0. The fraction of sp³-hybridized carbons (Fsp3) is 0.900. The smallest absolute Gasteiger partial charge is 0.306 e. The molecule has 0 saturated heterocycles. The van der Waals surface area contributed by atoms with Crippen molar-refractivity contribution in [2.45, 2.75) is 26.2 Å². The van der Waals surface area contributed by atoms with E-state index in [1.54, 1.807) is 7.11 Å². The van der Waals surface area contributed by atoms with Crippen molar-refractivity contribution in [2.24, 2.45) is 17.8 Å². The van der Waals surface area contributed by atoms with Gasteiger partial charge in [-0.25, -0.2) is 0 Å². The summed E-state index contributed by atoms with van der Waals surface area (Å²) >= 11 is 0. The van der Waals surface area contributed by atoms with Crippen LogP contribution in [0.15, 0.2) is 0 Å². The zero-order valence-corrected chi connectivity index (χ0v) is 8.32. The van der Waals surface area contributed by atoms with Gasteiger partial charge >= 0.3 is 5.97 Å². The molecular formula is C10H18O3. The summed E-state index contributed by atoms with van der Waals surface area (Å²) < 4.78 is 5.03. The third-order valence-electron chi connectivity index (χ3n) is 2.95. The van der Waals surface area contributed by atoms with E-state index < -0.39 is 5.97 Å². The summed E-state index contributed by atoms with van der Waals surface area (Å²) in [6.07, 6.45) is 2.94. The molecule has 0 heterocycles. The van der Waals surface area contributed by atoms with Gasteiger partial charge in [0.05, 0.1) is 5.92 Å². The van der Waals surface area contributed by atoms with Crippen LogP contribution in [0.3, 0.4) is 0 Å². The Kier molecular flexibility index (Phi) is 3.72. The predicted octanol–water partition coefficient (Wildman–Crippen LogP) is 1.77. The lowest BCUT2D eigenvalue weighted by Gasteiger charge is -2.31. The van der Waals surface area contributed by atoms with Crippen LogP contribution in [0.5, 0.6) is 0 Å². The van der Waals surface area contributed by atoms with Crippen LogP contribution in [-0.4, -0.2) is 24.8 Å². The van der Waals surface area contributed by atoms with Gasteiger partial charge in [-0.05, 0) is 24.7 Å². The van der Waals surface area contributed by atoms with Gasteiger partial charge in [0, 0.05) is 13.7 Å². The number of carboxylic acid groups (broad SMARTS) is 1. The minimum Gasteiger partial charge on any atom is -0.481 e. The second kappa shape index (κ2) is 4.61. The highest BCUT2D eigenvalue weighted by molar-refractivity contribution is 5.70. The van der Waals surface area contributed by atoms with E-state index in [4.69, 9.17) is 9.84 Å². The summed E-state index contributed by atoms with van der Waals surface area (Å²) in [4.78, 5) is 10.9. The van der Waals surface area contributed by atoms with E-state index in [0.717, 1.165) is 19.3 Å². The zero-order chi connectivity index (χ0) is 9.84. The van der Waals surface area contributed by atoms with Crippen LogP contribution in [0.1, 0.15) is 26.2 Å². The largest absolute Gasteiger partial charge is 0.481 e.